The number of aromatic nitrogens is 1. The van der Waals surface area contributed by atoms with Crippen molar-refractivity contribution in [2.75, 3.05) is 26.2 Å². The van der Waals surface area contributed by atoms with Crippen molar-refractivity contribution in [1.29, 1.82) is 0 Å². The van der Waals surface area contributed by atoms with E-state index in [0.29, 0.717) is 18.7 Å². The van der Waals surface area contributed by atoms with Gasteiger partial charge in [0, 0.05) is 57.6 Å². The molecule has 0 spiro atoms. The Morgan fingerprint density at radius 2 is 1.71 bits per heavy atom. The molecule has 126 valence electrons. The first kappa shape index (κ1) is 16.4. The molecule has 2 aromatic rings. The molecule has 1 aliphatic heterocycles. The first-order valence-electron chi connectivity index (χ1n) is 7.96. The summed E-state index contributed by atoms with van der Waals surface area (Å²) in [4.78, 5) is 27.9. The zero-order valence-corrected chi connectivity index (χ0v) is 13.6. The van der Waals surface area contributed by atoms with Crippen molar-refractivity contribution in [1.82, 2.24) is 14.4 Å². The number of amides is 1. The minimum atomic E-state index is -0.339. The van der Waals surface area contributed by atoms with Crippen molar-refractivity contribution in [2.45, 2.75) is 6.54 Å². The second-order valence-electron chi connectivity index (χ2n) is 6.06. The van der Waals surface area contributed by atoms with E-state index in [4.69, 9.17) is 0 Å². The Morgan fingerprint density at radius 3 is 2.33 bits per heavy atom. The predicted octanol–water partition coefficient (Wildman–Crippen LogP) is 1.48. The lowest BCUT2D eigenvalue weighted by Crippen LogP contribution is -2.48. The van der Waals surface area contributed by atoms with Crippen molar-refractivity contribution < 1.29 is 9.18 Å². The summed E-state index contributed by atoms with van der Waals surface area (Å²) in [6.07, 6.45) is 1.85. The molecule has 3 rings (SSSR count). The lowest BCUT2D eigenvalue weighted by molar-refractivity contribution is 0.0628. The highest BCUT2D eigenvalue weighted by Gasteiger charge is 2.22. The van der Waals surface area contributed by atoms with E-state index in [0.717, 1.165) is 25.2 Å². The van der Waals surface area contributed by atoms with Crippen molar-refractivity contribution in [3.63, 3.8) is 0 Å². The molecule has 0 N–H and O–H groups in total. The number of benzene rings is 1. The van der Waals surface area contributed by atoms with Gasteiger partial charge in [-0.2, -0.15) is 0 Å². The molecule has 1 amide bonds. The minimum Gasteiger partial charge on any atom is -0.336 e. The lowest BCUT2D eigenvalue weighted by Gasteiger charge is -2.34. The molecule has 0 bridgehead atoms. The van der Waals surface area contributed by atoms with Crippen LogP contribution >= 0.6 is 0 Å². The van der Waals surface area contributed by atoms with E-state index in [1.807, 2.05) is 12.3 Å². The zero-order chi connectivity index (χ0) is 17.1. The van der Waals surface area contributed by atoms with Gasteiger partial charge in [-0.25, -0.2) is 4.39 Å². The molecule has 1 aliphatic rings. The lowest BCUT2D eigenvalue weighted by atomic mass is 10.1. The van der Waals surface area contributed by atoms with Crippen molar-refractivity contribution in [2.24, 2.45) is 7.05 Å². The smallest absolute Gasteiger partial charge is 0.253 e. The Bertz CT molecular complexity index is 778. The van der Waals surface area contributed by atoms with Gasteiger partial charge in [-0.1, -0.05) is 6.07 Å². The highest BCUT2D eigenvalue weighted by Crippen LogP contribution is 2.12. The third kappa shape index (κ3) is 3.71. The first-order chi connectivity index (χ1) is 11.5. The molecule has 1 saturated heterocycles. The Labute approximate surface area is 139 Å². The van der Waals surface area contributed by atoms with Crippen LogP contribution in [0.3, 0.4) is 0 Å². The van der Waals surface area contributed by atoms with Crippen molar-refractivity contribution in [3.8, 4) is 0 Å². The monoisotopic (exact) mass is 329 g/mol. The van der Waals surface area contributed by atoms with Crippen LogP contribution in [-0.4, -0.2) is 46.5 Å². The number of nitrogens with zero attached hydrogens (tertiary/aromatic N) is 3. The maximum atomic E-state index is 13.0. The zero-order valence-electron chi connectivity index (χ0n) is 13.6. The van der Waals surface area contributed by atoms with E-state index >= 15 is 0 Å². The van der Waals surface area contributed by atoms with E-state index < -0.39 is 0 Å². The highest BCUT2D eigenvalue weighted by molar-refractivity contribution is 5.94. The van der Waals surface area contributed by atoms with Crippen LogP contribution < -0.4 is 5.56 Å². The molecular formula is C18H20FN3O2. The maximum Gasteiger partial charge on any atom is 0.253 e. The van der Waals surface area contributed by atoms with Crippen LogP contribution in [0.5, 0.6) is 0 Å². The summed E-state index contributed by atoms with van der Waals surface area (Å²) in [5, 5.41) is 0. The topological polar surface area (TPSA) is 45.5 Å². The summed E-state index contributed by atoms with van der Waals surface area (Å²) >= 11 is 0. The molecule has 1 aromatic carbocycles. The van der Waals surface area contributed by atoms with Gasteiger partial charge in [-0.3, -0.25) is 14.5 Å². The number of aryl methyl sites for hydroxylation is 1. The summed E-state index contributed by atoms with van der Waals surface area (Å²) < 4.78 is 14.5. The second-order valence-corrected chi connectivity index (χ2v) is 6.06. The van der Waals surface area contributed by atoms with Gasteiger partial charge in [-0.05, 0) is 29.8 Å². The summed E-state index contributed by atoms with van der Waals surface area (Å²) in [6.45, 7) is 3.59. The van der Waals surface area contributed by atoms with Crippen LogP contribution in [0.4, 0.5) is 4.39 Å². The SMILES string of the molecule is Cn1cc(CN2CCN(C(=O)c3ccc(F)cc3)CC2)ccc1=O. The summed E-state index contributed by atoms with van der Waals surface area (Å²) in [7, 11) is 1.74. The van der Waals surface area contributed by atoms with E-state index in [1.54, 1.807) is 22.6 Å². The first-order valence-corrected chi connectivity index (χ1v) is 7.96. The number of halogens is 1. The molecule has 24 heavy (non-hydrogen) atoms. The predicted molar refractivity (Wildman–Crippen MR) is 89.3 cm³/mol. The molecule has 0 saturated carbocycles. The van der Waals surface area contributed by atoms with Gasteiger partial charge in [0.15, 0.2) is 0 Å². The largest absolute Gasteiger partial charge is 0.336 e. The van der Waals surface area contributed by atoms with Gasteiger partial charge >= 0.3 is 0 Å². The minimum absolute atomic E-state index is 0.0199. The average Bonchev–Trinajstić information content (AvgIpc) is 2.59. The fourth-order valence-corrected chi connectivity index (χ4v) is 2.89. The molecule has 1 fully saturated rings. The fraction of sp³-hybridized carbons (Fsp3) is 0.333. The van der Waals surface area contributed by atoms with Gasteiger partial charge in [0.2, 0.25) is 5.56 Å². The average molecular weight is 329 g/mol. The standard InChI is InChI=1S/C18H20FN3O2/c1-20-12-14(2-7-17(20)23)13-21-8-10-22(11-9-21)18(24)15-3-5-16(19)6-4-15/h2-7,12H,8-11,13H2,1H3. The van der Waals surface area contributed by atoms with Crippen LogP contribution in [0.1, 0.15) is 15.9 Å². The fourth-order valence-electron chi connectivity index (χ4n) is 2.89. The van der Waals surface area contributed by atoms with E-state index in [-0.39, 0.29) is 17.3 Å². The molecule has 1 aromatic heterocycles. The Kier molecular flexibility index (Phi) is 4.76. The molecule has 0 aliphatic carbocycles. The molecule has 6 heteroatoms. The third-order valence-corrected chi connectivity index (χ3v) is 4.30. The molecular weight excluding hydrogens is 309 g/mol. The van der Waals surface area contributed by atoms with Gasteiger partial charge < -0.3 is 9.47 Å². The molecule has 0 atom stereocenters. The third-order valence-electron chi connectivity index (χ3n) is 4.30. The van der Waals surface area contributed by atoms with Gasteiger partial charge in [0.25, 0.3) is 5.91 Å². The maximum absolute atomic E-state index is 13.0. The van der Waals surface area contributed by atoms with E-state index in [1.165, 1.54) is 24.3 Å². The number of rotatable bonds is 3. The summed E-state index contributed by atoms with van der Waals surface area (Å²) in [5.41, 5.74) is 1.58. The normalized spacial score (nSPS) is 15.5. The number of pyridine rings is 1. The molecule has 5 nitrogen and oxygen atoms in total. The van der Waals surface area contributed by atoms with Crippen molar-refractivity contribution in [3.05, 3.63) is 69.9 Å². The number of carbonyl (C=O) groups excluding carboxylic acids is 1. The van der Waals surface area contributed by atoms with Crippen LogP contribution in [-0.2, 0) is 13.6 Å². The quantitative estimate of drug-likeness (QED) is 0.857. The molecule has 0 radical (unpaired) electrons. The summed E-state index contributed by atoms with van der Waals surface area (Å²) in [6, 6.07) is 9.08. The Morgan fingerprint density at radius 1 is 1.04 bits per heavy atom. The second kappa shape index (κ2) is 6.97. The van der Waals surface area contributed by atoms with Crippen LogP contribution in [0, 0.1) is 5.82 Å². The molecule has 0 unspecified atom stereocenters. The van der Waals surface area contributed by atoms with Gasteiger partial charge in [0.05, 0.1) is 0 Å². The number of carbonyl (C=O) groups is 1. The Balaban J connectivity index is 1.57. The Hall–Kier alpha value is -2.47. The van der Waals surface area contributed by atoms with E-state index in [9.17, 15) is 14.0 Å². The van der Waals surface area contributed by atoms with Crippen LogP contribution in [0.25, 0.3) is 0 Å². The number of piperazine rings is 1. The number of hydrogen-bond acceptors (Lipinski definition) is 3. The van der Waals surface area contributed by atoms with Gasteiger partial charge in [0.1, 0.15) is 5.82 Å². The van der Waals surface area contributed by atoms with Gasteiger partial charge in [-0.15, -0.1) is 0 Å². The molecule has 2 heterocycles. The highest BCUT2D eigenvalue weighted by atomic mass is 19.1. The van der Waals surface area contributed by atoms with Crippen LogP contribution in [0.15, 0.2) is 47.4 Å². The number of hydrogen-bond donors (Lipinski definition) is 0. The summed E-state index contributed by atoms with van der Waals surface area (Å²) in [5.74, 6) is -0.398. The van der Waals surface area contributed by atoms with E-state index in [2.05, 4.69) is 4.90 Å². The van der Waals surface area contributed by atoms with Crippen LogP contribution in [0.2, 0.25) is 0 Å². The van der Waals surface area contributed by atoms with Crippen molar-refractivity contribution >= 4 is 5.91 Å².